The third kappa shape index (κ3) is 6.33. The van der Waals surface area contributed by atoms with Crippen LogP contribution >= 0.6 is 15.9 Å². The molecule has 1 aromatic carbocycles. The molecule has 0 unspecified atom stereocenters. The number of halogens is 2. The molecule has 0 heterocycles. The van der Waals surface area contributed by atoms with E-state index in [2.05, 4.69) is 54.0 Å². The van der Waals surface area contributed by atoms with Gasteiger partial charge in [-0.25, -0.2) is 4.39 Å². The van der Waals surface area contributed by atoms with E-state index in [4.69, 9.17) is 0 Å². The minimum Gasteiger partial charge on any atom is -0.278 e. The monoisotopic (exact) mass is 355 g/mol. The summed E-state index contributed by atoms with van der Waals surface area (Å²) >= 11 is 3.20. The maximum Gasteiger partial charge on any atom is 0.137 e. The Morgan fingerprint density at radius 2 is 2.00 bits per heavy atom. The second-order valence-corrected chi connectivity index (χ2v) is 6.18. The molecule has 1 atom stereocenters. The number of benzene rings is 1. The van der Waals surface area contributed by atoms with Crippen LogP contribution in [0.2, 0.25) is 0 Å². The van der Waals surface area contributed by atoms with Crippen molar-refractivity contribution in [2.45, 2.75) is 26.2 Å². The zero-order chi connectivity index (χ0) is 16.6. The predicted molar refractivity (Wildman–Crippen MR) is 90.1 cm³/mol. The molecule has 4 heteroatoms. The fourth-order valence-electron chi connectivity index (χ4n) is 1.84. The van der Waals surface area contributed by atoms with Crippen LogP contribution in [0.3, 0.4) is 0 Å². The second kappa shape index (κ2) is 8.86. The molecule has 116 valence electrons. The molecule has 2 nitrogen and oxygen atoms in total. The minimum atomic E-state index is -0.179. The van der Waals surface area contributed by atoms with Crippen molar-refractivity contribution in [1.29, 1.82) is 0 Å². The maximum atomic E-state index is 12.9. The van der Waals surface area contributed by atoms with Crippen LogP contribution in [0.5, 0.6) is 0 Å². The lowest BCUT2D eigenvalue weighted by Gasteiger charge is -2.06. The van der Waals surface area contributed by atoms with Gasteiger partial charge in [0, 0.05) is 13.2 Å². The number of hydrogen-bond donors (Lipinski definition) is 0. The van der Waals surface area contributed by atoms with Crippen LogP contribution in [0.1, 0.15) is 31.7 Å². The Labute approximate surface area is 136 Å². The van der Waals surface area contributed by atoms with Gasteiger partial charge in [0.2, 0.25) is 0 Å². The molecule has 1 aromatic rings. The van der Waals surface area contributed by atoms with Gasteiger partial charge >= 0.3 is 0 Å². The van der Waals surface area contributed by atoms with E-state index in [0.29, 0.717) is 15.8 Å². The molecule has 21 heavy (non-hydrogen) atoms. The molecule has 0 saturated heterocycles. The van der Waals surface area contributed by atoms with Gasteiger partial charge in [-0.3, -0.25) is 9.90 Å². The van der Waals surface area contributed by atoms with Gasteiger partial charge in [-0.2, -0.15) is 0 Å². The molecule has 0 N–H and O–H groups in total. The summed E-state index contributed by atoms with van der Waals surface area (Å²) in [4.78, 5) is 4.61. The Kier molecular flexibility index (Phi) is 8.31. The summed E-state index contributed by atoms with van der Waals surface area (Å²) in [5.74, 6) is 0.437. The molecular formula is C17H23BrFNO. The standard InChI is InChI=1S/C11H12BrF.C4H9NO.C2H2/c1-11(2)6-8(11)7-3-4-10(13)9(12)5-7;1-4-5(2)6-3;1-2/h3-5,8H,6H2,1-2H3;4H,1H2,2-3H3;1-2H/t8-;;/m0../s1. The summed E-state index contributed by atoms with van der Waals surface area (Å²) in [7, 11) is 3.36. The van der Waals surface area contributed by atoms with Crippen molar-refractivity contribution in [3.05, 3.63) is 46.8 Å². The van der Waals surface area contributed by atoms with Gasteiger partial charge in [0.1, 0.15) is 5.82 Å². The lowest BCUT2D eigenvalue weighted by molar-refractivity contribution is -0.0641. The van der Waals surface area contributed by atoms with Gasteiger partial charge in [-0.1, -0.05) is 26.5 Å². The Morgan fingerprint density at radius 3 is 2.29 bits per heavy atom. The Balaban J connectivity index is 0.000000427. The van der Waals surface area contributed by atoms with E-state index >= 15 is 0 Å². The van der Waals surface area contributed by atoms with Crippen LogP contribution in [0, 0.1) is 24.1 Å². The van der Waals surface area contributed by atoms with Gasteiger partial charge in [0.15, 0.2) is 0 Å². The highest BCUT2D eigenvalue weighted by atomic mass is 79.9. The van der Waals surface area contributed by atoms with E-state index in [1.165, 1.54) is 23.1 Å². The maximum absolute atomic E-state index is 12.9. The normalized spacial score (nSPS) is 17.4. The Morgan fingerprint density at radius 1 is 1.48 bits per heavy atom. The van der Waals surface area contributed by atoms with Gasteiger partial charge in [-0.05, 0) is 51.4 Å². The third-order valence-corrected chi connectivity index (χ3v) is 4.01. The quantitative estimate of drug-likeness (QED) is 0.560. The second-order valence-electron chi connectivity index (χ2n) is 5.33. The summed E-state index contributed by atoms with van der Waals surface area (Å²) in [6, 6.07) is 5.32. The molecule has 0 amide bonds. The van der Waals surface area contributed by atoms with Gasteiger partial charge in [0.05, 0.1) is 11.6 Å². The van der Waals surface area contributed by atoms with Crippen LogP contribution in [-0.2, 0) is 4.84 Å². The van der Waals surface area contributed by atoms with E-state index in [0.717, 1.165) is 0 Å². The SMILES string of the molecule is C#C.C=CN(C)OC.CC1(C)C[C@H]1c1ccc(F)c(Br)c1. The van der Waals surface area contributed by atoms with E-state index in [-0.39, 0.29) is 5.82 Å². The lowest BCUT2D eigenvalue weighted by atomic mass is 10.0. The first-order chi connectivity index (χ1) is 9.81. The number of hydroxylamine groups is 2. The first kappa shape index (κ1) is 19.7. The molecule has 1 saturated carbocycles. The Bertz CT molecular complexity index is 485. The molecule has 0 spiro atoms. The average molecular weight is 356 g/mol. The van der Waals surface area contributed by atoms with Gasteiger partial charge in [-0.15, -0.1) is 12.8 Å². The summed E-state index contributed by atoms with van der Waals surface area (Å²) in [6.45, 7) is 7.92. The van der Waals surface area contributed by atoms with Crippen molar-refractivity contribution < 1.29 is 9.23 Å². The highest BCUT2D eigenvalue weighted by molar-refractivity contribution is 9.10. The summed E-state index contributed by atoms with van der Waals surface area (Å²) in [6.07, 6.45) is 10.8. The summed E-state index contributed by atoms with van der Waals surface area (Å²) < 4.78 is 13.5. The fraction of sp³-hybridized carbons (Fsp3) is 0.412. The fourth-order valence-corrected chi connectivity index (χ4v) is 2.24. The van der Waals surface area contributed by atoms with Crippen LogP contribution in [-0.4, -0.2) is 19.2 Å². The predicted octanol–water partition coefficient (Wildman–Crippen LogP) is 4.97. The zero-order valence-electron chi connectivity index (χ0n) is 13.1. The lowest BCUT2D eigenvalue weighted by Crippen LogP contribution is -2.05. The van der Waals surface area contributed by atoms with Crippen LogP contribution in [0.15, 0.2) is 35.5 Å². The first-order valence-electron chi connectivity index (χ1n) is 6.49. The Hall–Kier alpha value is -1.31. The highest BCUT2D eigenvalue weighted by Crippen LogP contribution is 2.58. The smallest absolute Gasteiger partial charge is 0.137 e. The van der Waals surface area contributed by atoms with Crippen molar-refractivity contribution in [1.82, 2.24) is 5.06 Å². The van der Waals surface area contributed by atoms with Crippen molar-refractivity contribution >= 4 is 15.9 Å². The number of hydrogen-bond acceptors (Lipinski definition) is 2. The van der Waals surface area contributed by atoms with E-state index in [1.807, 2.05) is 12.1 Å². The molecule has 0 bridgehead atoms. The summed E-state index contributed by atoms with van der Waals surface area (Å²) in [5.41, 5.74) is 1.66. The van der Waals surface area contributed by atoms with Crippen LogP contribution < -0.4 is 0 Å². The molecule has 1 aliphatic rings. The molecule has 1 fully saturated rings. The molecule has 0 radical (unpaired) electrons. The zero-order valence-corrected chi connectivity index (χ0v) is 14.7. The van der Waals surface area contributed by atoms with E-state index in [9.17, 15) is 4.39 Å². The van der Waals surface area contributed by atoms with Crippen molar-refractivity contribution in [3.8, 4) is 12.8 Å². The molecule has 1 aliphatic carbocycles. The molecule has 0 aromatic heterocycles. The topological polar surface area (TPSA) is 12.5 Å². The van der Waals surface area contributed by atoms with Crippen molar-refractivity contribution in [2.75, 3.05) is 14.2 Å². The number of rotatable bonds is 3. The van der Waals surface area contributed by atoms with Crippen molar-refractivity contribution in [2.24, 2.45) is 5.41 Å². The largest absolute Gasteiger partial charge is 0.278 e. The van der Waals surface area contributed by atoms with Crippen LogP contribution in [0.4, 0.5) is 4.39 Å². The average Bonchev–Trinajstić information content (AvgIpc) is 3.12. The van der Waals surface area contributed by atoms with Gasteiger partial charge < -0.3 is 0 Å². The molecular weight excluding hydrogens is 333 g/mol. The third-order valence-electron chi connectivity index (χ3n) is 3.40. The molecule has 2 rings (SSSR count). The van der Waals surface area contributed by atoms with Crippen LogP contribution in [0.25, 0.3) is 0 Å². The summed E-state index contributed by atoms with van der Waals surface area (Å²) in [5, 5.41) is 1.51. The van der Waals surface area contributed by atoms with Crippen molar-refractivity contribution in [3.63, 3.8) is 0 Å². The number of nitrogens with zero attached hydrogens (tertiary/aromatic N) is 1. The first-order valence-corrected chi connectivity index (χ1v) is 7.29. The molecule has 0 aliphatic heterocycles. The number of terminal acetylenes is 1. The minimum absolute atomic E-state index is 0.179. The van der Waals surface area contributed by atoms with E-state index < -0.39 is 0 Å². The van der Waals surface area contributed by atoms with E-state index in [1.54, 1.807) is 20.4 Å². The van der Waals surface area contributed by atoms with Gasteiger partial charge in [0.25, 0.3) is 0 Å². The highest BCUT2D eigenvalue weighted by Gasteiger charge is 2.46.